The molecule has 4 heteroatoms. The fourth-order valence-electron chi connectivity index (χ4n) is 1.35. The third-order valence-electron chi connectivity index (χ3n) is 2.17. The molecule has 0 saturated carbocycles. The molecule has 0 radical (unpaired) electrons. The third-order valence-corrected chi connectivity index (χ3v) is 3.19. The zero-order valence-corrected chi connectivity index (χ0v) is 10.4. The second-order valence-corrected chi connectivity index (χ2v) is 4.03. The van der Waals surface area contributed by atoms with Crippen molar-refractivity contribution in [2.75, 3.05) is 13.7 Å². The quantitative estimate of drug-likeness (QED) is 0.855. The van der Waals surface area contributed by atoms with Gasteiger partial charge in [0, 0.05) is 10.9 Å². The Kier molecular flexibility index (Phi) is 4.29. The molecule has 0 aliphatic carbocycles. The van der Waals surface area contributed by atoms with Gasteiger partial charge in [-0.1, -0.05) is 6.07 Å². The van der Waals surface area contributed by atoms with Crippen LogP contribution in [0.25, 0.3) is 0 Å². The van der Waals surface area contributed by atoms with Crippen LogP contribution >= 0.6 is 15.9 Å². The van der Waals surface area contributed by atoms with Gasteiger partial charge < -0.3 is 10.5 Å². The molecule has 15 heavy (non-hydrogen) atoms. The van der Waals surface area contributed by atoms with Crippen LogP contribution in [0.15, 0.2) is 16.6 Å². The largest absolute Gasteiger partial charge is 0.496 e. The maximum absolute atomic E-state index is 11.8. The highest BCUT2D eigenvalue weighted by atomic mass is 79.9. The van der Waals surface area contributed by atoms with Gasteiger partial charge in [0.25, 0.3) is 0 Å². The number of hydrogen-bond acceptors (Lipinski definition) is 3. The lowest BCUT2D eigenvalue weighted by Gasteiger charge is -2.11. The van der Waals surface area contributed by atoms with Crippen LogP contribution in [0.3, 0.4) is 0 Å². The Labute approximate surface area is 97.7 Å². The van der Waals surface area contributed by atoms with E-state index in [1.165, 1.54) is 0 Å². The van der Waals surface area contributed by atoms with Crippen molar-refractivity contribution < 1.29 is 9.53 Å². The van der Waals surface area contributed by atoms with Crippen molar-refractivity contribution >= 4 is 21.7 Å². The van der Waals surface area contributed by atoms with Crippen molar-refractivity contribution in [3.8, 4) is 5.75 Å². The van der Waals surface area contributed by atoms with E-state index in [0.717, 1.165) is 10.0 Å². The Bertz CT molecular complexity index is 377. The van der Waals surface area contributed by atoms with E-state index in [-0.39, 0.29) is 5.78 Å². The topological polar surface area (TPSA) is 52.3 Å². The number of carbonyl (C=O) groups is 1. The highest BCUT2D eigenvalue weighted by Gasteiger charge is 2.16. The lowest BCUT2D eigenvalue weighted by Crippen LogP contribution is -2.10. The highest BCUT2D eigenvalue weighted by Crippen LogP contribution is 2.30. The van der Waals surface area contributed by atoms with Crippen LogP contribution < -0.4 is 10.5 Å². The third kappa shape index (κ3) is 2.58. The number of rotatable bonds is 4. The lowest BCUT2D eigenvalue weighted by atomic mass is 10.0. The van der Waals surface area contributed by atoms with Gasteiger partial charge >= 0.3 is 0 Å². The molecule has 0 fully saturated rings. The molecule has 1 aromatic carbocycles. The molecule has 0 atom stereocenters. The van der Waals surface area contributed by atoms with Crippen LogP contribution in [0, 0.1) is 6.92 Å². The average molecular weight is 272 g/mol. The summed E-state index contributed by atoms with van der Waals surface area (Å²) in [6, 6.07) is 3.70. The molecule has 1 aromatic rings. The number of halogens is 1. The molecular formula is C11H14BrNO2. The van der Waals surface area contributed by atoms with Gasteiger partial charge in [-0.2, -0.15) is 0 Å². The summed E-state index contributed by atoms with van der Waals surface area (Å²) in [5.74, 6) is 0.593. The molecule has 0 aromatic heterocycles. The lowest BCUT2D eigenvalue weighted by molar-refractivity contribution is 0.0981. The Morgan fingerprint density at radius 1 is 1.53 bits per heavy atom. The van der Waals surface area contributed by atoms with Crippen LogP contribution in [0.1, 0.15) is 22.3 Å². The summed E-state index contributed by atoms with van der Waals surface area (Å²) in [5, 5.41) is 0. The monoisotopic (exact) mass is 271 g/mol. The first-order valence-corrected chi connectivity index (χ1v) is 5.47. The number of aryl methyl sites for hydroxylation is 1. The number of Topliss-reactive ketones (excluding diaryl/α,β-unsaturated/α-hetero) is 1. The van der Waals surface area contributed by atoms with Crippen LogP contribution in [0.5, 0.6) is 5.75 Å². The Morgan fingerprint density at radius 3 is 2.73 bits per heavy atom. The van der Waals surface area contributed by atoms with Crippen molar-refractivity contribution in [3.05, 3.63) is 27.7 Å². The molecule has 0 aliphatic rings. The Hall–Kier alpha value is -0.870. The molecule has 0 aliphatic heterocycles. The molecule has 82 valence electrons. The predicted molar refractivity (Wildman–Crippen MR) is 63.4 cm³/mol. The number of benzene rings is 1. The summed E-state index contributed by atoms with van der Waals surface area (Å²) in [6.45, 7) is 2.28. The van der Waals surface area contributed by atoms with Crippen molar-refractivity contribution in [1.82, 2.24) is 0 Å². The van der Waals surface area contributed by atoms with E-state index in [1.54, 1.807) is 13.2 Å². The average Bonchev–Trinajstić information content (AvgIpc) is 2.22. The Balaban J connectivity index is 3.23. The number of nitrogens with two attached hydrogens (primary N) is 1. The molecule has 0 amide bonds. The minimum atomic E-state index is 0.00456. The van der Waals surface area contributed by atoms with E-state index in [1.807, 2.05) is 13.0 Å². The SMILES string of the molecule is COc1ccc(C)c(Br)c1C(=O)CCN. The van der Waals surface area contributed by atoms with Crippen LogP contribution in [-0.2, 0) is 0 Å². The minimum absolute atomic E-state index is 0.00456. The molecule has 1 rings (SSSR count). The van der Waals surface area contributed by atoms with Crippen LogP contribution in [0.2, 0.25) is 0 Å². The Morgan fingerprint density at radius 2 is 2.20 bits per heavy atom. The summed E-state index contributed by atoms with van der Waals surface area (Å²) in [5.41, 5.74) is 6.97. The number of methoxy groups -OCH3 is 1. The first-order chi connectivity index (χ1) is 7.11. The van der Waals surface area contributed by atoms with E-state index < -0.39 is 0 Å². The molecule has 3 nitrogen and oxygen atoms in total. The summed E-state index contributed by atoms with van der Waals surface area (Å²) >= 11 is 3.40. The van der Waals surface area contributed by atoms with Gasteiger partial charge in [-0.15, -0.1) is 0 Å². The first-order valence-electron chi connectivity index (χ1n) is 4.68. The summed E-state index contributed by atoms with van der Waals surface area (Å²) in [7, 11) is 1.55. The van der Waals surface area contributed by atoms with Crippen LogP contribution in [0.4, 0.5) is 0 Å². The number of hydrogen-bond donors (Lipinski definition) is 1. The number of ether oxygens (including phenoxy) is 1. The second kappa shape index (κ2) is 5.28. The minimum Gasteiger partial charge on any atom is -0.496 e. The van der Waals surface area contributed by atoms with Gasteiger partial charge in [-0.25, -0.2) is 0 Å². The fourth-order valence-corrected chi connectivity index (χ4v) is 1.90. The molecule has 0 spiro atoms. The molecule has 0 bridgehead atoms. The summed E-state index contributed by atoms with van der Waals surface area (Å²) in [4.78, 5) is 11.8. The zero-order chi connectivity index (χ0) is 11.4. The fraction of sp³-hybridized carbons (Fsp3) is 0.364. The molecule has 0 unspecified atom stereocenters. The number of ketones is 1. The predicted octanol–water partition coefficient (Wildman–Crippen LogP) is 2.30. The highest BCUT2D eigenvalue weighted by molar-refractivity contribution is 9.10. The first kappa shape index (κ1) is 12.2. The smallest absolute Gasteiger partial charge is 0.169 e. The molecule has 0 saturated heterocycles. The molecular weight excluding hydrogens is 258 g/mol. The van der Waals surface area contributed by atoms with Crippen molar-refractivity contribution in [2.24, 2.45) is 5.73 Å². The standard InChI is InChI=1S/C11H14BrNO2/c1-7-3-4-9(15-2)10(11(7)12)8(14)5-6-13/h3-4H,5-6,13H2,1-2H3. The zero-order valence-electron chi connectivity index (χ0n) is 8.84. The van der Waals surface area contributed by atoms with E-state index in [4.69, 9.17) is 10.5 Å². The summed E-state index contributed by atoms with van der Waals surface area (Å²) in [6.07, 6.45) is 0.332. The van der Waals surface area contributed by atoms with E-state index in [2.05, 4.69) is 15.9 Å². The second-order valence-electron chi connectivity index (χ2n) is 3.24. The maximum Gasteiger partial charge on any atom is 0.169 e. The van der Waals surface area contributed by atoms with Gasteiger partial charge in [-0.3, -0.25) is 4.79 Å². The van der Waals surface area contributed by atoms with Gasteiger partial charge in [0.15, 0.2) is 5.78 Å². The van der Waals surface area contributed by atoms with Gasteiger partial charge in [0.2, 0.25) is 0 Å². The van der Waals surface area contributed by atoms with E-state index in [0.29, 0.717) is 24.3 Å². The molecule has 2 N–H and O–H groups in total. The van der Waals surface area contributed by atoms with Crippen molar-refractivity contribution in [3.63, 3.8) is 0 Å². The van der Waals surface area contributed by atoms with Crippen molar-refractivity contribution in [2.45, 2.75) is 13.3 Å². The summed E-state index contributed by atoms with van der Waals surface area (Å²) < 4.78 is 5.95. The normalized spacial score (nSPS) is 10.1. The maximum atomic E-state index is 11.8. The van der Waals surface area contributed by atoms with Crippen molar-refractivity contribution in [1.29, 1.82) is 0 Å². The number of carbonyl (C=O) groups excluding carboxylic acids is 1. The van der Waals surface area contributed by atoms with Gasteiger partial charge in [-0.05, 0) is 41.0 Å². The van der Waals surface area contributed by atoms with Crippen LogP contribution in [-0.4, -0.2) is 19.4 Å². The van der Waals surface area contributed by atoms with E-state index >= 15 is 0 Å². The van der Waals surface area contributed by atoms with Gasteiger partial charge in [0.1, 0.15) is 5.75 Å². The molecule has 0 heterocycles. The van der Waals surface area contributed by atoms with E-state index in [9.17, 15) is 4.79 Å². The van der Waals surface area contributed by atoms with Gasteiger partial charge in [0.05, 0.1) is 12.7 Å².